The Morgan fingerprint density at radius 3 is 2.48 bits per heavy atom. The summed E-state index contributed by atoms with van der Waals surface area (Å²) in [7, 11) is -3.73. The first kappa shape index (κ1) is 20.6. The number of aromatic nitrogens is 1. The van der Waals surface area contributed by atoms with Crippen LogP contribution in [0.2, 0.25) is 0 Å². The van der Waals surface area contributed by atoms with Gasteiger partial charge in [-0.2, -0.15) is 5.26 Å². The number of hydrogen-bond acceptors (Lipinski definition) is 6. The molecule has 0 fully saturated rings. The van der Waals surface area contributed by atoms with E-state index in [1.807, 2.05) is 6.07 Å². The highest BCUT2D eigenvalue weighted by molar-refractivity contribution is 7.89. The van der Waals surface area contributed by atoms with Crippen LogP contribution in [0.5, 0.6) is 0 Å². The van der Waals surface area contributed by atoms with Gasteiger partial charge in [0.1, 0.15) is 5.82 Å². The van der Waals surface area contributed by atoms with Crippen molar-refractivity contribution in [2.75, 3.05) is 11.9 Å². The molecule has 7 nitrogen and oxygen atoms in total. The number of halogens is 1. The molecule has 1 aromatic heterocycles. The standard InChI is InChI=1S/C19H15FN4O3S2/c20-15-6-2-13(3-7-15)17-12-28-19(23-17)24-18(25)14-4-8-16(9-5-14)29(26,27)22-11-1-10-21/h2-9,12,22H,1,11H2,(H,23,24,25). The van der Waals surface area contributed by atoms with Crippen molar-refractivity contribution in [1.82, 2.24) is 9.71 Å². The van der Waals surface area contributed by atoms with Gasteiger partial charge in [-0.15, -0.1) is 11.3 Å². The van der Waals surface area contributed by atoms with E-state index in [1.54, 1.807) is 17.5 Å². The van der Waals surface area contributed by atoms with E-state index in [9.17, 15) is 17.6 Å². The van der Waals surface area contributed by atoms with Gasteiger partial charge in [0.2, 0.25) is 10.0 Å². The van der Waals surface area contributed by atoms with E-state index in [4.69, 9.17) is 5.26 Å². The molecule has 2 aromatic carbocycles. The summed E-state index contributed by atoms with van der Waals surface area (Å²) in [6, 6.07) is 13.1. The van der Waals surface area contributed by atoms with Crippen LogP contribution >= 0.6 is 11.3 Å². The van der Waals surface area contributed by atoms with Crippen molar-refractivity contribution in [1.29, 1.82) is 5.26 Å². The third-order valence-corrected chi connectivity index (χ3v) is 6.05. The zero-order valence-corrected chi connectivity index (χ0v) is 16.6. The van der Waals surface area contributed by atoms with Crippen molar-refractivity contribution in [3.63, 3.8) is 0 Å². The minimum absolute atomic E-state index is 0.000153. The van der Waals surface area contributed by atoms with E-state index >= 15 is 0 Å². The van der Waals surface area contributed by atoms with Gasteiger partial charge in [0.15, 0.2) is 5.13 Å². The Labute approximate surface area is 170 Å². The normalized spacial score (nSPS) is 11.0. The van der Waals surface area contributed by atoms with Crippen molar-refractivity contribution < 1.29 is 17.6 Å². The van der Waals surface area contributed by atoms with Gasteiger partial charge in [-0.3, -0.25) is 10.1 Å². The molecule has 148 valence electrons. The largest absolute Gasteiger partial charge is 0.298 e. The highest BCUT2D eigenvalue weighted by Crippen LogP contribution is 2.25. The van der Waals surface area contributed by atoms with Crippen molar-refractivity contribution in [3.05, 3.63) is 65.3 Å². The van der Waals surface area contributed by atoms with Crippen LogP contribution in [-0.2, 0) is 10.0 Å². The fourth-order valence-electron chi connectivity index (χ4n) is 2.36. The second-order valence-corrected chi connectivity index (χ2v) is 8.45. The van der Waals surface area contributed by atoms with Gasteiger partial charge in [-0.1, -0.05) is 0 Å². The number of sulfonamides is 1. The van der Waals surface area contributed by atoms with E-state index in [0.717, 1.165) is 5.56 Å². The molecule has 1 heterocycles. The summed E-state index contributed by atoms with van der Waals surface area (Å²) in [5.74, 6) is -0.783. The van der Waals surface area contributed by atoms with Crippen LogP contribution in [0, 0.1) is 17.1 Å². The zero-order valence-electron chi connectivity index (χ0n) is 14.9. The van der Waals surface area contributed by atoms with Crippen molar-refractivity contribution in [2.45, 2.75) is 11.3 Å². The monoisotopic (exact) mass is 430 g/mol. The first-order valence-corrected chi connectivity index (χ1v) is 10.7. The highest BCUT2D eigenvalue weighted by Gasteiger charge is 2.15. The first-order chi connectivity index (χ1) is 13.9. The van der Waals surface area contributed by atoms with Gasteiger partial charge in [0.05, 0.1) is 16.7 Å². The summed E-state index contributed by atoms with van der Waals surface area (Å²) in [6.07, 6.45) is 0.0629. The van der Waals surface area contributed by atoms with Gasteiger partial charge >= 0.3 is 0 Å². The van der Waals surface area contributed by atoms with Crippen LogP contribution in [0.1, 0.15) is 16.8 Å². The molecule has 0 aliphatic heterocycles. The van der Waals surface area contributed by atoms with Crippen molar-refractivity contribution in [2.24, 2.45) is 0 Å². The lowest BCUT2D eigenvalue weighted by Crippen LogP contribution is -2.24. The molecule has 10 heteroatoms. The van der Waals surface area contributed by atoms with Gasteiger partial charge < -0.3 is 0 Å². The highest BCUT2D eigenvalue weighted by atomic mass is 32.2. The van der Waals surface area contributed by atoms with Crippen LogP contribution in [0.15, 0.2) is 58.8 Å². The number of nitrogens with one attached hydrogen (secondary N) is 2. The average molecular weight is 430 g/mol. The predicted molar refractivity (Wildman–Crippen MR) is 107 cm³/mol. The summed E-state index contributed by atoms with van der Waals surface area (Å²) in [6.45, 7) is 0.0154. The number of anilines is 1. The van der Waals surface area contributed by atoms with Crippen molar-refractivity contribution in [3.8, 4) is 17.3 Å². The number of amides is 1. The number of benzene rings is 2. The van der Waals surface area contributed by atoms with Gasteiger partial charge in [0.25, 0.3) is 5.91 Å². The topological polar surface area (TPSA) is 112 Å². The number of hydrogen-bond donors (Lipinski definition) is 2. The lowest BCUT2D eigenvalue weighted by Gasteiger charge is -2.06. The molecule has 3 aromatic rings. The fraction of sp³-hybridized carbons (Fsp3) is 0.105. The summed E-state index contributed by atoms with van der Waals surface area (Å²) in [5, 5.41) is 13.2. The zero-order chi connectivity index (χ0) is 20.9. The third kappa shape index (κ3) is 5.23. The number of nitrogens with zero attached hydrogens (tertiary/aromatic N) is 2. The molecule has 0 saturated heterocycles. The lowest BCUT2D eigenvalue weighted by atomic mass is 10.2. The Balaban J connectivity index is 1.67. The maximum Gasteiger partial charge on any atom is 0.257 e. The Bertz CT molecular complexity index is 1150. The molecule has 2 N–H and O–H groups in total. The van der Waals surface area contributed by atoms with Crippen LogP contribution in [0.4, 0.5) is 9.52 Å². The molecule has 29 heavy (non-hydrogen) atoms. The Kier molecular flexibility index (Phi) is 6.33. The third-order valence-electron chi connectivity index (χ3n) is 3.82. The second kappa shape index (κ2) is 8.91. The number of rotatable bonds is 7. The van der Waals surface area contributed by atoms with Crippen molar-refractivity contribution >= 4 is 32.4 Å². The second-order valence-electron chi connectivity index (χ2n) is 5.83. The first-order valence-electron chi connectivity index (χ1n) is 8.38. The van der Waals surface area contributed by atoms with Crippen LogP contribution in [0.25, 0.3) is 11.3 Å². The summed E-state index contributed by atoms with van der Waals surface area (Å²) >= 11 is 1.22. The van der Waals surface area contributed by atoms with Gasteiger partial charge in [-0.05, 0) is 48.5 Å². The maximum absolute atomic E-state index is 13.0. The minimum Gasteiger partial charge on any atom is -0.298 e. The molecule has 0 unspecified atom stereocenters. The van der Waals surface area contributed by atoms with E-state index < -0.39 is 15.9 Å². The van der Waals surface area contributed by atoms with E-state index in [2.05, 4.69) is 15.0 Å². The Hall–Kier alpha value is -3.13. The average Bonchev–Trinajstić information content (AvgIpc) is 3.17. The maximum atomic E-state index is 13.0. The van der Waals surface area contributed by atoms with E-state index in [1.165, 1.54) is 47.7 Å². The van der Waals surface area contributed by atoms with Crippen LogP contribution in [0.3, 0.4) is 0 Å². The molecule has 0 atom stereocenters. The lowest BCUT2D eigenvalue weighted by molar-refractivity contribution is 0.102. The number of carbonyl (C=O) groups excluding carboxylic acids is 1. The molecule has 0 spiro atoms. The molecule has 0 bridgehead atoms. The number of carbonyl (C=O) groups is 1. The minimum atomic E-state index is -3.73. The Morgan fingerprint density at radius 1 is 1.14 bits per heavy atom. The van der Waals surface area contributed by atoms with Gasteiger partial charge in [-0.25, -0.2) is 22.5 Å². The summed E-state index contributed by atoms with van der Waals surface area (Å²) < 4.78 is 39.5. The number of nitriles is 1. The molecule has 0 radical (unpaired) electrons. The molecular formula is C19H15FN4O3S2. The van der Waals surface area contributed by atoms with E-state index in [0.29, 0.717) is 10.8 Å². The summed E-state index contributed by atoms with van der Waals surface area (Å²) in [4.78, 5) is 16.7. The molecule has 1 amide bonds. The van der Waals surface area contributed by atoms with E-state index in [-0.39, 0.29) is 29.2 Å². The van der Waals surface area contributed by atoms with Gasteiger partial charge in [0, 0.05) is 29.5 Å². The Morgan fingerprint density at radius 2 is 1.83 bits per heavy atom. The van der Waals surface area contributed by atoms with Crippen LogP contribution in [-0.4, -0.2) is 25.9 Å². The fourth-order valence-corrected chi connectivity index (χ4v) is 4.11. The molecule has 0 aliphatic rings. The number of thiazole rings is 1. The quantitative estimate of drug-likeness (QED) is 0.558. The molecular weight excluding hydrogens is 415 g/mol. The smallest absolute Gasteiger partial charge is 0.257 e. The summed E-state index contributed by atoms with van der Waals surface area (Å²) in [5.41, 5.74) is 1.59. The molecule has 3 rings (SSSR count). The molecule has 0 saturated carbocycles. The molecule has 0 aliphatic carbocycles. The SMILES string of the molecule is N#CCCNS(=O)(=O)c1ccc(C(=O)Nc2nc(-c3ccc(F)cc3)cs2)cc1. The van der Waals surface area contributed by atoms with Crippen LogP contribution < -0.4 is 10.0 Å². The predicted octanol–water partition coefficient (Wildman–Crippen LogP) is 3.39.